The van der Waals surface area contributed by atoms with E-state index in [4.69, 9.17) is 10.7 Å². The van der Waals surface area contributed by atoms with Gasteiger partial charge in [-0.3, -0.25) is 14.5 Å². The molecule has 1 fully saturated rings. The minimum Gasteiger partial charge on any atom is -0.368 e. The minimum atomic E-state index is -0.566. The normalized spacial score (nSPS) is 15.8. The van der Waals surface area contributed by atoms with Crippen LogP contribution < -0.4 is 21.7 Å². The maximum atomic E-state index is 12.0. The zero-order chi connectivity index (χ0) is 23.3. The largest absolute Gasteiger partial charge is 0.368 e. The summed E-state index contributed by atoms with van der Waals surface area (Å²) in [6.45, 7) is 11.0. The lowest BCUT2D eigenvalue weighted by Gasteiger charge is -2.34. The van der Waals surface area contributed by atoms with E-state index in [9.17, 15) is 9.59 Å². The highest BCUT2D eigenvalue weighted by Crippen LogP contribution is 2.17. The monoisotopic (exact) mass is 572 g/mol. The Morgan fingerprint density at radius 3 is 2.21 bits per heavy atom. The van der Waals surface area contributed by atoms with Gasteiger partial charge < -0.3 is 21.7 Å². The van der Waals surface area contributed by atoms with Gasteiger partial charge in [0.15, 0.2) is 5.96 Å². The van der Waals surface area contributed by atoms with Gasteiger partial charge in [0.2, 0.25) is 5.91 Å². The Bertz CT molecular complexity index is 746. The van der Waals surface area contributed by atoms with Gasteiger partial charge in [-0.2, -0.15) is 0 Å². The van der Waals surface area contributed by atoms with Crippen LogP contribution in [0.25, 0.3) is 0 Å². The van der Waals surface area contributed by atoms with Crippen molar-refractivity contribution in [1.29, 1.82) is 0 Å². The molecule has 9 heteroatoms. The van der Waals surface area contributed by atoms with E-state index in [1.807, 2.05) is 12.1 Å². The lowest BCUT2D eigenvalue weighted by Crippen LogP contribution is -2.49. The molecule has 1 atom stereocenters. The maximum Gasteiger partial charge on any atom is 0.251 e. The average molecular weight is 573 g/mol. The molecule has 0 saturated carbocycles. The topological polar surface area (TPSA) is 112 Å². The summed E-state index contributed by atoms with van der Waals surface area (Å²) in [5.74, 6) is 0.485. The van der Waals surface area contributed by atoms with Gasteiger partial charge in [-0.25, -0.2) is 4.99 Å². The SMILES string of the molecule is CCNC(=NCc1ccc(C(=O)NCC(N)=O)cc1)NCC(C(C)C)N1CCCCCC1.I. The molecule has 0 spiro atoms. The molecule has 1 aliphatic heterocycles. The van der Waals surface area contributed by atoms with E-state index in [1.54, 1.807) is 12.1 Å². The standard InChI is InChI=1S/C24H40N6O2.HI/c1-4-26-24(29-16-21(18(2)3)30-13-7-5-6-8-14-30)28-15-19-9-11-20(12-10-19)23(32)27-17-22(25)31;/h9-12,18,21H,4-8,13-17H2,1-3H3,(H2,25,31)(H,27,32)(H2,26,28,29);1H. The number of carbonyl (C=O) groups excluding carboxylic acids is 2. The molecule has 1 unspecified atom stereocenters. The highest BCUT2D eigenvalue weighted by molar-refractivity contribution is 14.0. The second-order valence-electron chi connectivity index (χ2n) is 8.68. The third kappa shape index (κ3) is 10.7. The highest BCUT2D eigenvalue weighted by Gasteiger charge is 2.22. The first-order valence-electron chi connectivity index (χ1n) is 11.8. The molecule has 2 rings (SSSR count). The molecule has 0 aromatic heterocycles. The van der Waals surface area contributed by atoms with Crippen LogP contribution in [0.4, 0.5) is 0 Å². The number of nitrogens with one attached hydrogen (secondary N) is 3. The van der Waals surface area contributed by atoms with Crippen molar-refractivity contribution in [1.82, 2.24) is 20.9 Å². The summed E-state index contributed by atoms with van der Waals surface area (Å²) >= 11 is 0. The molecule has 1 aromatic carbocycles. The molecule has 1 aliphatic rings. The third-order valence-corrected chi connectivity index (χ3v) is 5.76. The van der Waals surface area contributed by atoms with Crippen LogP contribution in [0.2, 0.25) is 0 Å². The Hall–Kier alpha value is -1.88. The van der Waals surface area contributed by atoms with Crippen molar-refractivity contribution in [3.8, 4) is 0 Å². The fraction of sp³-hybridized carbons (Fsp3) is 0.625. The molecule has 186 valence electrons. The van der Waals surface area contributed by atoms with Crippen LogP contribution in [0.5, 0.6) is 0 Å². The van der Waals surface area contributed by atoms with E-state index < -0.39 is 5.91 Å². The first-order valence-corrected chi connectivity index (χ1v) is 11.8. The Morgan fingerprint density at radius 1 is 1.03 bits per heavy atom. The first kappa shape index (κ1) is 29.2. The summed E-state index contributed by atoms with van der Waals surface area (Å²) in [5, 5.41) is 9.36. The zero-order valence-corrected chi connectivity index (χ0v) is 22.6. The fourth-order valence-electron chi connectivity index (χ4n) is 3.96. The lowest BCUT2D eigenvalue weighted by atomic mass is 10.0. The number of amides is 2. The van der Waals surface area contributed by atoms with Crippen molar-refractivity contribution in [3.63, 3.8) is 0 Å². The predicted octanol–water partition coefficient (Wildman–Crippen LogP) is 2.48. The third-order valence-electron chi connectivity index (χ3n) is 5.76. The van der Waals surface area contributed by atoms with Gasteiger partial charge >= 0.3 is 0 Å². The van der Waals surface area contributed by atoms with E-state index in [2.05, 4.69) is 41.6 Å². The van der Waals surface area contributed by atoms with Gasteiger partial charge in [-0.15, -0.1) is 24.0 Å². The number of rotatable bonds is 10. The van der Waals surface area contributed by atoms with Gasteiger partial charge in [0.05, 0.1) is 13.1 Å². The van der Waals surface area contributed by atoms with Crippen LogP contribution in [-0.4, -0.2) is 61.4 Å². The Balaban J connectivity index is 0.00000544. The second-order valence-corrected chi connectivity index (χ2v) is 8.68. The van der Waals surface area contributed by atoms with Crippen molar-refractivity contribution >= 4 is 41.8 Å². The van der Waals surface area contributed by atoms with E-state index in [0.717, 1.165) is 24.6 Å². The smallest absolute Gasteiger partial charge is 0.251 e. The summed E-state index contributed by atoms with van der Waals surface area (Å²) in [4.78, 5) is 30.2. The fourth-order valence-corrected chi connectivity index (χ4v) is 3.96. The number of hydrogen-bond donors (Lipinski definition) is 4. The number of guanidine groups is 1. The van der Waals surface area contributed by atoms with E-state index in [0.29, 0.717) is 24.1 Å². The van der Waals surface area contributed by atoms with Crippen molar-refractivity contribution in [2.75, 3.05) is 32.7 Å². The van der Waals surface area contributed by atoms with Crippen molar-refractivity contribution in [2.24, 2.45) is 16.6 Å². The molecule has 2 amide bonds. The molecular weight excluding hydrogens is 531 g/mol. The highest BCUT2D eigenvalue weighted by atomic mass is 127. The lowest BCUT2D eigenvalue weighted by molar-refractivity contribution is -0.117. The summed E-state index contributed by atoms with van der Waals surface area (Å²) in [5.41, 5.74) is 6.55. The molecule has 8 nitrogen and oxygen atoms in total. The number of likely N-dealkylation sites (tertiary alicyclic amines) is 1. The van der Waals surface area contributed by atoms with Gasteiger partial charge in [-0.05, 0) is 56.5 Å². The number of aliphatic imine (C=N–C) groups is 1. The number of nitrogens with two attached hydrogens (primary N) is 1. The summed E-state index contributed by atoms with van der Waals surface area (Å²) in [7, 11) is 0. The molecule has 1 aromatic rings. The van der Waals surface area contributed by atoms with Crippen molar-refractivity contribution < 1.29 is 9.59 Å². The van der Waals surface area contributed by atoms with Crippen LogP contribution in [0.3, 0.4) is 0 Å². The molecule has 5 N–H and O–H groups in total. The van der Waals surface area contributed by atoms with Gasteiger partial charge in [0.1, 0.15) is 0 Å². The Labute approximate surface area is 215 Å². The first-order chi connectivity index (χ1) is 15.4. The van der Waals surface area contributed by atoms with E-state index >= 15 is 0 Å². The molecule has 1 heterocycles. The summed E-state index contributed by atoms with van der Waals surface area (Å²) < 4.78 is 0. The van der Waals surface area contributed by atoms with Crippen LogP contribution in [0, 0.1) is 5.92 Å². The van der Waals surface area contributed by atoms with Crippen LogP contribution in [0.1, 0.15) is 62.4 Å². The van der Waals surface area contributed by atoms with Crippen LogP contribution in [0.15, 0.2) is 29.3 Å². The number of nitrogens with zero attached hydrogens (tertiary/aromatic N) is 2. The number of halogens is 1. The van der Waals surface area contributed by atoms with Gasteiger partial charge in [0, 0.05) is 24.7 Å². The Morgan fingerprint density at radius 2 is 1.67 bits per heavy atom. The Kier molecular flexibility index (Phi) is 14.0. The van der Waals surface area contributed by atoms with Gasteiger partial charge in [0.25, 0.3) is 5.91 Å². The molecule has 33 heavy (non-hydrogen) atoms. The number of carbonyl (C=O) groups is 2. The quantitative estimate of drug-likeness (QED) is 0.196. The average Bonchev–Trinajstić information content (AvgIpc) is 3.05. The van der Waals surface area contributed by atoms with Crippen LogP contribution in [-0.2, 0) is 11.3 Å². The molecule has 0 radical (unpaired) electrons. The van der Waals surface area contributed by atoms with Crippen molar-refractivity contribution in [2.45, 2.75) is 59.0 Å². The second kappa shape index (κ2) is 15.9. The molecule has 0 aliphatic carbocycles. The zero-order valence-electron chi connectivity index (χ0n) is 20.2. The van der Waals surface area contributed by atoms with Crippen LogP contribution >= 0.6 is 24.0 Å². The van der Waals surface area contributed by atoms with E-state index in [-0.39, 0.29) is 36.4 Å². The predicted molar refractivity (Wildman–Crippen MR) is 145 cm³/mol. The summed E-state index contributed by atoms with van der Waals surface area (Å²) in [6.07, 6.45) is 5.25. The van der Waals surface area contributed by atoms with Gasteiger partial charge in [-0.1, -0.05) is 38.8 Å². The number of hydrogen-bond acceptors (Lipinski definition) is 4. The number of primary amides is 1. The molecular formula is C24H41IN6O2. The van der Waals surface area contributed by atoms with E-state index in [1.165, 1.54) is 38.8 Å². The molecule has 1 saturated heterocycles. The number of benzene rings is 1. The summed E-state index contributed by atoms with van der Waals surface area (Å²) in [6, 6.07) is 7.70. The van der Waals surface area contributed by atoms with Crippen molar-refractivity contribution in [3.05, 3.63) is 35.4 Å². The maximum absolute atomic E-state index is 12.0. The molecule has 0 bridgehead atoms. The minimum absolute atomic E-state index is 0.